The molecule has 1 aromatic heterocycles. The van der Waals surface area contributed by atoms with Gasteiger partial charge in [-0.3, -0.25) is 14.4 Å². The Morgan fingerprint density at radius 1 is 1.03 bits per heavy atom. The molecule has 1 heterocycles. The Hall–Kier alpha value is -1.69. The van der Waals surface area contributed by atoms with Crippen LogP contribution in [0.25, 0.3) is 0 Å². The Morgan fingerprint density at radius 2 is 1.74 bits per heavy atom. The highest BCUT2D eigenvalue weighted by Crippen LogP contribution is 2.67. The maximum atomic E-state index is 13.7. The Bertz CT molecular complexity index is 1110. The van der Waals surface area contributed by atoms with Crippen LogP contribution in [0.3, 0.4) is 0 Å². The Balaban J connectivity index is 1.27. The number of rotatable bonds is 7. The van der Waals surface area contributed by atoms with Crippen LogP contribution in [0.4, 0.5) is 5.00 Å². The molecule has 4 aliphatic rings. The summed E-state index contributed by atoms with van der Waals surface area (Å²) in [5.74, 6) is 3.28. The molecule has 4 aliphatic carbocycles. The zero-order chi connectivity index (χ0) is 28.3. The lowest BCUT2D eigenvalue weighted by molar-refractivity contribution is -0.159. The van der Waals surface area contributed by atoms with Crippen LogP contribution in [0.15, 0.2) is 12.1 Å². The number of thiophene rings is 1. The minimum absolute atomic E-state index is 0.0293. The van der Waals surface area contributed by atoms with Crippen molar-refractivity contribution in [2.24, 2.45) is 52.3 Å². The maximum Gasteiger partial charge on any atom is 0.220 e. The number of carbonyl (C=O) groups excluding carboxylic acids is 3. The second-order valence-corrected chi connectivity index (χ2v) is 15.7. The molecule has 0 unspecified atom stereocenters. The normalized spacial score (nSPS) is 37.6. The fourth-order valence-corrected chi connectivity index (χ4v) is 10.8. The molecule has 1 N–H and O–H groups in total. The van der Waals surface area contributed by atoms with Crippen LogP contribution in [0, 0.1) is 52.3 Å². The molecule has 5 rings (SSSR count). The first kappa shape index (κ1) is 28.8. The highest BCUT2D eigenvalue weighted by Gasteiger charge is 2.63. The van der Waals surface area contributed by atoms with Gasteiger partial charge in [0.15, 0.2) is 0 Å². The molecule has 0 aliphatic heterocycles. The van der Waals surface area contributed by atoms with Gasteiger partial charge in [-0.05, 0) is 90.6 Å². The van der Waals surface area contributed by atoms with Crippen LogP contribution < -0.4 is 10.2 Å². The molecule has 4 fully saturated rings. The molecule has 1 amide bonds. The van der Waals surface area contributed by atoms with Gasteiger partial charge in [-0.1, -0.05) is 34.6 Å². The Morgan fingerprint density at radius 3 is 2.41 bits per heavy atom. The number of fused-ring (bicyclic) bond motifs is 5. The van der Waals surface area contributed by atoms with Crippen molar-refractivity contribution in [1.82, 2.24) is 5.32 Å². The lowest BCUT2D eigenvalue weighted by Crippen LogP contribution is -2.57. The van der Waals surface area contributed by atoms with Gasteiger partial charge in [0.2, 0.25) is 5.91 Å². The maximum absolute atomic E-state index is 13.7. The van der Waals surface area contributed by atoms with E-state index in [0.29, 0.717) is 66.8 Å². The topological polar surface area (TPSA) is 66.5 Å². The summed E-state index contributed by atoms with van der Waals surface area (Å²) in [5.41, 5.74) is 0.257. The summed E-state index contributed by atoms with van der Waals surface area (Å²) in [6.07, 6.45) is 7.90. The zero-order valence-corrected chi connectivity index (χ0v) is 26.0. The van der Waals surface area contributed by atoms with Crippen molar-refractivity contribution in [3.63, 3.8) is 0 Å². The van der Waals surface area contributed by atoms with Crippen molar-refractivity contribution in [2.45, 2.75) is 98.4 Å². The first-order valence-corrected chi connectivity index (χ1v) is 16.3. The van der Waals surface area contributed by atoms with E-state index in [0.717, 1.165) is 32.1 Å². The van der Waals surface area contributed by atoms with E-state index < -0.39 is 0 Å². The summed E-state index contributed by atoms with van der Waals surface area (Å²) >= 11 is 1.76. The number of ketones is 2. The van der Waals surface area contributed by atoms with E-state index in [9.17, 15) is 14.4 Å². The largest absolute Gasteiger partial charge is 0.370 e. The quantitative estimate of drug-likeness (QED) is 0.392. The van der Waals surface area contributed by atoms with E-state index in [-0.39, 0.29) is 34.6 Å². The van der Waals surface area contributed by atoms with E-state index in [1.54, 1.807) is 11.3 Å². The van der Waals surface area contributed by atoms with Gasteiger partial charge in [0.1, 0.15) is 11.6 Å². The molecule has 9 atom stereocenters. The van der Waals surface area contributed by atoms with E-state index >= 15 is 0 Å². The van der Waals surface area contributed by atoms with Gasteiger partial charge in [0, 0.05) is 50.6 Å². The molecular weight excluding hydrogens is 504 g/mol. The highest BCUT2D eigenvalue weighted by atomic mass is 32.1. The van der Waals surface area contributed by atoms with Crippen molar-refractivity contribution in [1.29, 1.82) is 0 Å². The number of hydrogen-bond acceptors (Lipinski definition) is 5. The first-order chi connectivity index (χ1) is 18.3. The van der Waals surface area contributed by atoms with Crippen LogP contribution in [-0.4, -0.2) is 31.6 Å². The molecule has 39 heavy (non-hydrogen) atoms. The minimum Gasteiger partial charge on any atom is -0.370 e. The van der Waals surface area contributed by atoms with Crippen molar-refractivity contribution < 1.29 is 14.4 Å². The molecule has 0 aromatic carbocycles. The smallest absolute Gasteiger partial charge is 0.220 e. The van der Waals surface area contributed by atoms with E-state index in [2.05, 4.69) is 71.1 Å². The van der Waals surface area contributed by atoms with Gasteiger partial charge in [-0.15, -0.1) is 11.3 Å². The molecule has 1 aromatic rings. The number of nitrogens with one attached hydrogen (secondary N) is 1. The average Bonchev–Trinajstić information content (AvgIpc) is 3.48. The van der Waals surface area contributed by atoms with E-state index in [1.165, 1.54) is 9.88 Å². The van der Waals surface area contributed by atoms with Gasteiger partial charge in [-0.2, -0.15) is 0 Å². The minimum atomic E-state index is 0.0293. The standard InChI is InChI=1S/C33H50N2O3S/c1-19(2)31(27-10-11-29(39-27)35(6)7)34-28(38)16-20(3)23-8-9-24-30-25(13-15-33(23,24)5)32(4)14-12-22(36)17-21(32)18-26(30)37/h10-11,19-21,23-25,30-31H,8-9,12-18H2,1-7H3,(H,34,38)/t20-,21+,23-,24+,25+,30+,31-,32+,33-/m1/s1. The van der Waals surface area contributed by atoms with Crippen molar-refractivity contribution >= 4 is 33.8 Å². The third-order valence-electron chi connectivity index (χ3n) is 11.9. The summed E-state index contributed by atoms with van der Waals surface area (Å²) in [4.78, 5) is 42.6. The average molecular weight is 555 g/mol. The summed E-state index contributed by atoms with van der Waals surface area (Å²) in [6.45, 7) is 11.5. The van der Waals surface area contributed by atoms with Crippen LogP contribution in [0.2, 0.25) is 0 Å². The molecular formula is C33H50N2O3S. The first-order valence-electron chi connectivity index (χ1n) is 15.5. The number of amides is 1. The van der Waals surface area contributed by atoms with E-state index in [1.807, 2.05) is 0 Å². The third kappa shape index (κ3) is 5.02. The summed E-state index contributed by atoms with van der Waals surface area (Å²) in [7, 11) is 4.11. The van der Waals surface area contributed by atoms with Crippen LogP contribution >= 0.6 is 11.3 Å². The molecule has 0 saturated heterocycles. The monoisotopic (exact) mass is 554 g/mol. The van der Waals surface area contributed by atoms with Crippen molar-refractivity contribution in [3.8, 4) is 0 Å². The fraction of sp³-hybridized carbons (Fsp3) is 0.788. The van der Waals surface area contributed by atoms with Gasteiger partial charge in [0.05, 0.1) is 11.0 Å². The van der Waals surface area contributed by atoms with Gasteiger partial charge in [-0.25, -0.2) is 0 Å². The van der Waals surface area contributed by atoms with Crippen molar-refractivity contribution in [3.05, 3.63) is 17.0 Å². The second-order valence-electron chi connectivity index (χ2n) is 14.6. The molecule has 0 spiro atoms. The predicted molar refractivity (Wildman–Crippen MR) is 159 cm³/mol. The molecule has 216 valence electrons. The number of hydrogen-bond donors (Lipinski definition) is 1. The Labute approximate surface area is 239 Å². The third-order valence-corrected chi connectivity index (χ3v) is 13.2. The lowest BCUT2D eigenvalue weighted by Gasteiger charge is -2.59. The van der Waals surface area contributed by atoms with Gasteiger partial charge in [0.25, 0.3) is 0 Å². The summed E-state index contributed by atoms with van der Waals surface area (Å²) in [5, 5.41) is 4.59. The van der Waals surface area contributed by atoms with Crippen molar-refractivity contribution in [2.75, 3.05) is 19.0 Å². The zero-order valence-electron chi connectivity index (χ0n) is 25.2. The SMILES string of the molecule is CC(C)[C@@H](NC(=O)C[C@@H](C)[C@H]1CC[C@H]2[C@@H]3C(=O)C[C@@H]4CC(=O)CC[C@]4(C)[C@H]3CC[C@]12C)c1ccc(N(C)C)s1. The number of Topliss-reactive ketones (excluding diaryl/α,β-unsaturated/α-hetero) is 2. The van der Waals surface area contributed by atoms with Crippen LogP contribution in [-0.2, 0) is 14.4 Å². The molecule has 4 saturated carbocycles. The number of nitrogens with zero attached hydrogens (tertiary/aromatic N) is 1. The summed E-state index contributed by atoms with van der Waals surface area (Å²) < 4.78 is 0. The van der Waals surface area contributed by atoms with Gasteiger partial charge < -0.3 is 10.2 Å². The molecule has 6 heteroatoms. The molecule has 0 bridgehead atoms. The predicted octanol–water partition coefficient (Wildman–Crippen LogP) is 7.06. The fourth-order valence-electron chi connectivity index (χ4n) is 9.68. The molecule has 0 radical (unpaired) electrons. The second kappa shape index (κ2) is 10.6. The van der Waals surface area contributed by atoms with Gasteiger partial charge >= 0.3 is 0 Å². The highest BCUT2D eigenvalue weighted by molar-refractivity contribution is 7.16. The van der Waals surface area contributed by atoms with Crippen LogP contribution in [0.1, 0.15) is 103 Å². The number of carbonyl (C=O) groups is 3. The lowest BCUT2D eigenvalue weighted by atomic mass is 9.44. The summed E-state index contributed by atoms with van der Waals surface area (Å²) in [6, 6.07) is 4.33. The molecule has 5 nitrogen and oxygen atoms in total. The number of anilines is 1. The Kier molecular flexibility index (Phi) is 7.84. The van der Waals surface area contributed by atoms with E-state index in [4.69, 9.17) is 0 Å². The van der Waals surface area contributed by atoms with Crippen LogP contribution in [0.5, 0.6) is 0 Å².